The highest BCUT2D eigenvalue weighted by Gasteiger charge is 2.00. The highest BCUT2D eigenvalue weighted by molar-refractivity contribution is 5.91. The number of carbonyl (C=O) groups is 1. The highest BCUT2D eigenvalue weighted by atomic mass is 16.1. The van der Waals surface area contributed by atoms with Gasteiger partial charge in [0.05, 0.1) is 0 Å². The van der Waals surface area contributed by atoms with Crippen molar-refractivity contribution in [1.82, 2.24) is 0 Å². The summed E-state index contributed by atoms with van der Waals surface area (Å²) >= 11 is 0. The van der Waals surface area contributed by atoms with E-state index < -0.39 is 0 Å². The van der Waals surface area contributed by atoms with Gasteiger partial charge in [-0.3, -0.25) is 4.79 Å². The Morgan fingerprint density at radius 1 is 0.773 bits per heavy atom. The van der Waals surface area contributed by atoms with Crippen LogP contribution in [0.1, 0.15) is 34.6 Å². The quantitative estimate of drug-likeness (QED) is 0.402. The normalized spacial score (nSPS) is 14.7. The van der Waals surface area contributed by atoms with Crippen LogP contribution in [0.15, 0.2) is 84.1 Å². The predicted molar refractivity (Wildman–Crippen MR) is 98.7 cm³/mol. The fraction of sp³-hybridized carbons (Fsp3) is 0.286. The molecular weight excluding hydrogens is 268 g/mol. The van der Waals surface area contributed by atoms with E-state index in [4.69, 9.17) is 0 Å². The second-order valence-electron chi connectivity index (χ2n) is 5.57. The number of ketones is 1. The van der Waals surface area contributed by atoms with Gasteiger partial charge in [-0.1, -0.05) is 91.8 Å². The first-order valence-electron chi connectivity index (χ1n) is 7.58. The maximum atomic E-state index is 11.5. The molecule has 0 rings (SSSR count). The maximum absolute atomic E-state index is 11.5. The Bertz CT molecular complexity index is 546. The summed E-state index contributed by atoms with van der Waals surface area (Å²) in [6, 6.07) is 0. The van der Waals surface area contributed by atoms with Gasteiger partial charge in [0.25, 0.3) is 0 Å². The van der Waals surface area contributed by atoms with Crippen molar-refractivity contribution in [2.45, 2.75) is 34.6 Å². The van der Waals surface area contributed by atoms with Gasteiger partial charge < -0.3 is 0 Å². The fourth-order valence-corrected chi connectivity index (χ4v) is 1.35. The minimum absolute atomic E-state index is 0.0516. The number of hydrogen-bond acceptors (Lipinski definition) is 1. The van der Waals surface area contributed by atoms with Crippen LogP contribution in [0, 0.1) is 5.92 Å². The molecule has 0 bridgehead atoms. The summed E-state index contributed by atoms with van der Waals surface area (Å²) in [5.41, 5.74) is 3.36. The second kappa shape index (κ2) is 11.5. The molecule has 0 aromatic carbocycles. The van der Waals surface area contributed by atoms with Gasteiger partial charge in [0, 0.05) is 5.92 Å². The first-order chi connectivity index (χ1) is 10.4. The van der Waals surface area contributed by atoms with Crippen LogP contribution in [0.2, 0.25) is 0 Å². The molecule has 0 N–H and O–H groups in total. The minimum Gasteiger partial charge on any atom is -0.295 e. The first-order valence-corrected chi connectivity index (χ1v) is 7.58. The van der Waals surface area contributed by atoms with E-state index in [0.29, 0.717) is 0 Å². The summed E-state index contributed by atoms with van der Waals surface area (Å²) in [5.74, 6) is 0.205. The third-order valence-corrected chi connectivity index (χ3v) is 2.95. The van der Waals surface area contributed by atoms with Crippen LogP contribution < -0.4 is 0 Å². The minimum atomic E-state index is 0.0516. The van der Waals surface area contributed by atoms with Crippen molar-refractivity contribution in [1.29, 1.82) is 0 Å². The highest BCUT2D eigenvalue weighted by Crippen LogP contribution is 2.02. The monoisotopic (exact) mass is 296 g/mol. The molecule has 0 aromatic rings. The van der Waals surface area contributed by atoms with Gasteiger partial charge in [-0.25, -0.2) is 0 Å². The number of allylic oxidation sites excluding steroid dienone is 13. The van der Waals surface area contributed by atoms with E-state index in [2.05, 4.69) is 19.6 Å². The summed E-state index contributed by atoms with van der Waals surface area (Å²) in [4.78, 5) is 11.5. The Labute approximate surface area is 135 Å². The van der Waals surface area contributed by atoms with Crippen LogP contribution in [0.4, 0.5) is 0 Å². The molecule has 22 heavy (non-hydrogen) atoms. The summed E-state index contributed by atoms with van der Waals surface area (Å²) in [6.45, 7) is 13.6. The molecule has 0 spiro atoms. The SMILES string of the molecule is C=CC(C)=CC=CC(C)=CC=CC=C(C)C=CC(=O)C(C)C. The lowest BCUT2D eigenvalue weighted by Crippen LogP contribution is -2.01. The van der Waals surface area contributed by atoms with Gasteiger partial charge in [-0.2, -0.15) is 0 Å². The third kappa shape index (κ3) is 10.6. The molecule has 0 aliphatic rings. The average molecular weight is 296 g/mol. The zero-order valence-corrected chi connectivity index (χ0v) is 14.5. The zero-order valence-electron chi connectivity index (χ0n) is 14.5. The molecule has 0 atom stereocenters. The lowest BCUT2D eigenvalue weighted by atomic mass is 10.1. The maximum Gasteiger partial charge on any atom is 0.158 e. The number of rotatable bonds is 8. The van der Waals surface area contributed by atoms with E-state index in [0.717, 1.165) is 11.1 Å². The molecule has 0 aliphatic carbocycles. The van der Waals surface area contributed by atoms with Crippen LogP contribution >= 0.6 is 0 Å². The molecule has 0 aliphatic heterocycles. The van der Waals surface area contributed by atoms with Crippen LogP contribution in [0.5, 0.6) is 0 Å². The average Bonchev–Trinajstić information content (AvgIpc) is 2.48. The Kier molecular flexibility index (Phi) is 10.4. The lowest BCUT2D eigenvalue weighted by Gasteiger charge is -1.96. The molecule has 118 valence electrons. The van der Waals surface area contributed by atoms with Crippen LogP contribution in [-0.4, -0.2) is 5.78 Å². The first kappa shape index (κ1) is 19.9. The van der Waals surface area contributed by atoms with Crippen LogP contribution in [0.25, 0.3) is 0 Å². The smallest absolute Gasteiger partial charge is 0.158 e. The zero-order chi connectivity index (χ0) is 17.0. The summed E-state index contributed by atoms with van der Waals surface area (Å²) in [6.07, 6.45) is 19.4. The van der Waals surface area contributed by atoms with Crippen LogP contribution in [0.3, 0.4) is 0 Å². The third-order valence-electron chi connectivity index (χ3n) is 2.95. The molecule has 0 heterocycles. The van der Waals surface area contributed by atoms with Crippen molar-refractivity contribution in [3.63, 3.8) is 0 Å². The second-order valence-corrected chi connectivity index (χ2v) is 5.57. The molecular formula is C21H28O. The summed E-state index contributed by atoms with van der Waals surface area (Å²) < 4.78 is 0. The molecule has 1 nitrogen and oxygen atoms in total. The molecule has 1 heteroatoms. The Morgan fingerprint density at radius 3 is 1.77 bits per heavy atom. The van der Waals surface area contributed by atoms with Crippen molar-refractivity contribution in [2.24, 2.45) is 5.92 Å². The molecule has 0 fully saturated rings. The lowest BCUT2D eigenvalue weighted by molar-refractivity contribution is -0.117. The van der Waals surface area contributed by atoms with E-state index >= 15 is 0 Å². The van der Waals surface area contributed by atoms with Gasteiger partial charge in [0.15, 0.2) is 5.78 Å². The van der Waals surface area contributed by atoms with Crippen molar-refractivity contribution < 1.29 is 4.79 Å². The number of carbonyl (C=O) groups excluding carboxylic acids is 1. The fourth-order valence-electron chi connectivity index (χ4n) is 1.35. The van der Waals surface area contributed by atoms with E-state index in [1.807, 2.05) is 76.3 Å². The molecule has 0 saturated heterocycles. The van der Waals surface area contributed by atoms with Gasteiger partial charge in [-0.15, -0.1) is 0 Å². The largest absolute Gasteiger partial charge is 0.295 e. The van der Waals surface area contributed by atoms with E-state index in [1.54, 1.807) is 6.08 Å². The van der Waals surface area contributed by atoms with Crippen molar-refractivity contribution >= 4 is 5.78 Å². The van der Waals surface area contributed by atoms with E-state index in [9.17, 15) is 4.79 Å². The van der Waals surface area contributed by atoms with Crippen molar-refractivity contribution in [3.8, 4) is 0 Å². The van der Waals surface area contributed by atoms with Gasteiger partial charge >= 0.3 is 0 Å². The van der Waals surface area contributed by atoms with Gasteiger partial charge in [-0.05, 0) is 26.8 Å². The topological polar surface area (TPSA) is 17.1 Å². The van der Waals surface area contributed by atoms with Gasteiger partial charge in [0.1, 0.15) is 0 Å². The molecule has 0 amide bonds. The van der Waals surface area contributed by atoms with E-state index in [-0.39, 0.29) is 11.7 Å². The Morgan fingerprint density at radius 2 is 1.27 bits per heavy atom. The molecule has 0 radical (unpaired) electrons. The molecule has 0 aromatic heterocycles. The van der Waals surface area contributed by atoms with Crippen LogP contribution in [-0.2, 0) is 4.79 Å². The molecule has 0 saturated carbocycles. The molecule has 0 unspecified atom stereocenters. The van der Waals surface area contributed by atoms with Gasteiger partial charge in [0.2, 0.25) is 0 Å². The number of hydrogen-bond donors (Lipinski definition) is 0. The summed E-state index contributed by atoms with van der Waals surface area (Å²) in [7, 11) is 0. The van der Waals surface area contributed by atoms with Crippen molar-refractivity contribution in [2.75, 3.05) is 0 Å². The Hall–Kier alpha value is -2.15. The van der Waals surface area contributed by atoms with Crippen molar-refractivity contribution in [3.05, 3.63) is 84.1 Å². The predicted octanol–water partition coefficient (Wildman–Crippen LogP) is 5.91. The Balaban J connectivity index is 4.53. The standard InChI is InChI=1S/C21H28O/c1-7-18(4)13-10-14-19(5)11-8-9-12-20(6)15-16-21(22)17(2)3/h7-17H,1H2,2-6H3. The van der Waals surface area contributed by atoms with E-state index in [1.165, 1.54) is 5.57 Å². The summed E-state index contributed by atoms with van der Waals surface area (Å²) in [5, 5.41) is 0.